The van der Waals surface area contributed by atoms with Crippen molar-refractivity contribution in [3.8, 4) is 11.6 Å². The minimum absolute atomic E-state index is 0.0439. The minimum Gasteiger partial charge on any atom is -0.497 e. The Morgan fingerprint density at radius 3 is 2.47 bits per heavy atom. The molecule has 0 atom stereocenters. The normalized spacial score (nSPS) is 10.9. The fourth-order valence-corrected chi connectivity index (χ4v) is 3.03. The lowest BCUT2D eigenvalue weighted by Gasteiger charge is -2.04. The zero-order valence-corrected chi connectivity index (χ0v) is 17.6. The Morgan fingerprint density at radius 1 is 1.06 bits per heavy atom. The molecule has 2 N–H and O–H groups in total. The van der Waals surface area contributed by atoms with E-state index < -0.39 is 11.9 Å². The van der Waals surface area contributed by atoms with Gasteiger partial charge in [0, 0.05) is 5.39 Å². The zero-order chi connectivity index (χ0) is 23.1. The van der Waals surface area contributed by atoms with Crippen LogP contribution in [0.3, 0.4) is 0 Å². The quantitative estimate of drug-likeness (QED) is 0.410. The summed E-state index contributed by atoms with van der Waals surface area (Å²) in [7, 11) is 2.80. The molecular formula is C22H22N4O6. The number of fused-ring (bicyclic) bond motifs is 1. The maximum absolute atomic E-state index is 12.1. The van der Waals surface area contributed by atoms with Crippen LogP contribution in [-0.2, 0) is 32.1 Å². The maximum atomic E-state index is 12.1. The molecular weight excluding hydrogens is 416 g/mol. The molecule has 0 aliphatic rings. The van der Waals surface area contributed by atoms with E-state index in [-0.39, 0.29) is 37.0 Å². The fraction of sp³-hybridized carbons (Fsp3) is 0.227. The number of carbonyl (C=O) groups is 3. The first-order valence-corrected chi connectivity index (χ1v) is 9.64. The summed E-state index contributed by atoms with van der Waals surface area (Å²) >= 11 is 0. The molecule has 1 heterocycles. The number of methoxy groups -OCH3 is 2. The van der Waals surface area contributed by atoms with E-state index in [2.05, 4.69) is 20.3 Å². The van der Waals surface area contributed by atoms with Crippen LogP contribution < -0.4 is 10.1 Å². The molecule has 10 heteroatoms. The summed E-state index contributed by atoms with van der Waals surface area (Å²) in [5.41, 5.74) is 1.34. The van der Waals surface area contributed by atoms with Gasteiger partial charge >= 0.3 is 5.97 Å². The lowest BCUT2D eigenvalue weighted by atomic mass is 10.1. The van der Waals surface area contributed by atoms with Crippen LogP contribution in [-0.4, -0.2) is 48.2 Å². The number of ether oxygens (including phenoxy) is 2. The fourth-order valence-electron chi connectivity index (χ4n) is 3.03. The number of benzene rings is 2. The molecule has 3 aromatic rings. The smallest absolute Gasteiger partial charge is 0.325 e. The van der Waals surface area contributed by atoms with E-state index in [1.54, 1.807) is 55.6 Å². The summed E-state index contributed by atoms with van der Waals surface area (Å²) in [6.45, 7) is -0.576. The molecule has 10 nitrogen and oxygen atoms in total. The number of hydrogen-bond donors (Lipinski definition) is 2. The van der Waals surface area contributed by atoms with E-state index in [1.165, 1.54) is 11.7 Å². The highest BCUT2D eigenvalue weighted by Crippen LogP contribution is 2.38. The molecule has 32 heavy (non-hydrogen) atoms. The molecule has 3 rings (SSSR count). The van der Waals surface area contributed by atoms with Crippen molar-refractivity contribution < 1.29 is 29.0 Å². The van der Waals surface area contributed by atoms with Crippen LogP contribution >= 0.6 is 0 Å². The highest BCUT2D eigenvalue weighted by atomic mass is 16.5. The van der Waals surface area contributed by atoms with Gasteiger partial charge in [-0.15, -0.1) is 10.2 Å². The third kappa shape index (κ3) is 5.28. The molecule has 0 spiro atoms. The van der Waals surface area contributed by atoms with E-state index in [0.717, 1.165) is 5.56 Å². The van der Waals surface area contributed by atoms with Crippen LogP contribution in [0.4, 0.5) is 5.69 Å². The van der Waals surface area contributed by atoms with Crippen LogP contribution in [0, 0.1) is 0 Å². The number of nitrogens with one attached hydrogen (secondary N) is 1. The predicted molar refractivity (Wildman–Crippen MR) is 115 cm³/mol. The van der Waals surface area contributed by atoms with Gasteiger partial charge in [-0.25, -0.2) is 0 Å². The molecule has 0 radical (unpaired) electrons. The molecule has 1 aromatic heterocycles. The van der Waals surface area contributed by atoms with Gasteiger partial charge in [-0.1, -0.05) is 30.3 Å². The number of esters is 1. The van der Waals surface area contributed by atoms with Crippen molar-refractivity contribution in [2.45, 2.75) is 13.0 Å². The van der Waals surface area contributed by atoms with E-state index in [0.29, 0.717) is 16.7 Å². The topological polar surface area (TPSA) is 132 Å². The van der Waals surface area contributed by atoms with Gasteiger partial charge in [0.25, 0.3) is 5.91 Å². The van der Waals surface area contributed by atoms with Gasteiger partial charge in [0.15, 0.2) is 5.69 Å². The first kappa shape index (κ1) is 22.5. The first-order valence-electron chi connectivity index (χ1n) is 9.64. The maximum Gasteiger partial charge on any atom is 0.325 e. The summed E-state index contributed by atoms with van der Waals surface area (Å²) in [6, 6.07) is 13.8. The van der Waals surface area contributed by atoms with Crippen molar-refractivity contribution in [2.24, 2.45) is 10.2 Å². The monoisotopic (exact) mass is 438 g/mol. The highest BCUT2D eigenvalue weighted by Gasteiger charge is 2.19. The molecule has 2 amide bonds. The van der Waals surface area contributed by atoms with Gasteiger partial charge in [0.1, 0.15) is 18.8 Å². The van der Waals surface area contributed by atoms with Gasteiger partial charge in [-0.3, -0.25) is 19.0 Å². The third-order valence-corrected chi connectivity index (χ3v) is 4.65. The average Bonchev–Trinajstić information content (AvgIpc) is 3.07. The summed E-state index contributed by atoms with van der Waals surface area (Å²) < 4.78 is 11.0. The molecule has 0 unspecified atom stereocenters. The molecule has 0 bridgehead atoms. The van der Waals surface area contributed by atoms with Crippen molar-refractivity contribution in [1.29, 1.82) is 0 Å². The molecule has 0 aliphatic carbocycles. The van der Waals surface area contributed by atoms with Gasteiger partial charge in [-0.2, -0.15) is 0 Å². The molecule has 0 saturated carbocycles. The number of aromatic nitrogens is 1. The second kappa shape index (κ2) is 10.2. The second-order valence-electron chi connectivity index (χ2n) is 6.75. The standard InChI is InChI=1S/C22H22N4O6/c1-31-15-9-7-14(8-10-15)11-18(27)23-12-19(28)24-25-21-16-5-3-4-6-17(16)26(22(21)30)13-20(29)32-2/h3-10,30H,11-13H2,1-2H3,(H,23,27). The van der Waals surface area contributed by atoms with Crippen molar-refractivity contribution in [3.05, 3.63) is 54.1 Å². The molecule has 2 aromatic carbocycles. The van der Waals surface area contributed by atoms with Crippen molar-refractivity contribution in [1.82, 2.24) is 9.88 Å². The van der Waals surface area contributed by atoms with Crippen LogP contribution in [0.25, 0.3) is 10.9 Å². The lowest BCUT2D eigenvalue weighted by molar-refractivity contribution is -0.141. The first-order chi connectivity index (χ1) is 15.4. The Kier molecular flexibility index (Phi) is 7.17. The van der Waals surface area contributed by atoms with E-state index in [1.807, 2.05) is 0 Å². The molecule has 0 saturated heterocycles. The third-order valence-electron chi connectivity index (χ3n) is 4.65. The number of hydrogen-bond acceptors (Lipinski definition) is 7. The van der Waals surface area contributed by atoms with Gasteiger partial charge in [0.2, 0.25) is 11.8 Å². The van der Waals surface area contributed by atoms with Crippen molar-refractivity contribution >= 4 is 34.4 Å². The Labute approximate surface area is 183 Å². The van der Waals surface area contributed by atoms with Gasteiger partial charge < -0.3 is 19.9 Å². The Balaban J connectivity index is 1.65. The second-order valence-corrected chi connectivity index (χ2v) is 6.75. The van der Waals surface area contributed by atoms with Crippen molar-refractivity contribution in [3.63, 3.8) is 0 Å². The van der Waals surface area contributed by atoms with Gasteiger partial charge in [0.05, 0.1) is 26.2 Å². The van der Waals surface area contributed by atoms with E-state index >= 15 is 0 Å². The summed E-state index contributed by atoms with van der Waals surface area (Å²) in [5.74, 6) is -1.24. The van der Waals surface area contributed by atoms with Crippen molar-refractivity contribution in [2.75, 3.05) is 20.8 Å². The lowest BCUT2D eigenvalue weighted by Crippen LogP contribution is -2.29. The molecule has 0 aliphatic heterocycles. The van der Waals surface area contributed by atoms with Crippen LogP contribution in [0.5, 0.6) is 11.6 Å². The number of carbonyl (C=O) groups excluding carboxylic acids is 3. The summed E-state index contributed by atoms with van der Waals surface area (Å²) in [6.07, 6.45) is 0.0935. The Hall–Kier alpha value is -4.21. The van der Waals surface area contributed by atoms with Crippen LogP contribution in [0.1, 0.15) is 5.56 Å². The predicted octanol–water partition coefficient (Wildman–Crippen LogP) is 2.50. The summed E-state index contributed by atoms with van der Waals surface area (Å²) in [5, 5.41) is 20.9. The summed E-state index contributed by atoms with van der Waals surface area (Å²) in [4.78, 5) is 35.8. The number of azo groups is 1. The number of para-hydroxylation sites is 1. The molecule has 0 fully saturated rings. The number of aromatic hydroxyl groups is 1. The SMILES string of the molecule is COC(=O)Cn1c(O)c(N=NC(=O)CNC(=O)Cc2ccc(OC)cc2)c2ccccc21. The minimum atomic E-state index is -0.697. The highest BCUT2D eigenvalue weighted by molar-refractivity contribution is 5.96. The molecule has 166 valence electrons. The average molecular weight is 438 g/mol. The largest absolute Gasteiger partial charge is 0.497 e. The number of rotatable bonds is 8. The van der Waals surface area contributed by atoms with Crippen LogP contribution in [0.2, 0.25) is 0 Å². The Bertz CT molecular complexity index is 1170. The number of amides is 2. The zero-order valence-electron chi connectivity index (χ0n) is 17.6. The van der Waals surface area contributed by atoms with E-state index in [4.69, 9.17) is 4.74 Å². The van der Waals surface area contributed by atoms with Crippen LogP contribution in [0.15, 0.2) is 58.8 Å². The van der Waals surface area contributed by atoms with E-state index in [9.17, 15) is 19.5 Å². The number of nitrogens with zero attached hydrogens (tertiary/aromatic N) is 3. The van der Waals surface area contributed by atoms with Gasteiger partial charge in [-0.05, 0) is 23.8 Å². The Morgan fingerprint density at radius 2 is 1.78 bits per heavy atom.